The minimum Gasteiger partial charge on any atom is -0.394 e. The number of benzene rings is 1. The van der Waals surface area contributed by atoms with Gasteiger partial charge in [-0.05, 0) is 49.9 Å². The molecule has 130 valence electrons. The number of carbonyl (C=O) groups excluding carboxylic acids is 1. The van der Waals surface area contributed by atoms with E-state index in [4.69, 9.17) is 5.11 Å². The van der Waals surface area contributed by atoms with Gasteiger partial charge in [0, 0.05) is 12.2 Å². The second-order valence-electron chi connectivity index (χ2n) is 5.35. The normalized spacial score (nSPS) is 12.8. The Morgan fingerprint density at radius 2 is 1.65 bits per heavy atom. The van der Waals surface area contributed by atoms with Gasteiger partial charge >= 0.3 is 6.03 Å². The lowest BCUT2D eigenvalue weighted by Gasteiger charge is -2.20. The lowest BCUT2D eigenvalue weighted by molar-refractivity contribution is 0.0965. The van der Waals surface area contributed by atoms with Gasteiger partial charge in [-0.3, -0.25) is 4.55 Å². The van der Waals surface area contributed by atoms with Crippen molar-refractivity contribution < 1.29 is 28.0 Å². The van der Waals surface area contributed by atoms with Crippen LogP contribution in [0.2, 0.25) is 0 Å². The fourth-order valence-corrected chi connectivity index (χ4v) is 3.35. The van der Waals surface area contributed by atoms with E-state index in [0.717, 1.165) is 0 Å². The highest BCUT2D eigenvalue weighted by Gasteiger charge is 2.23. The van der Waals surface area contributed by atoms with E-state index < -0.39 is 28.9 Å². The van der Waals surface area contributed by atoms with Crippen molar-refractivity contribution in [3.63, 3.8) is 0 Å². The highest BCUT2D eigenvalue weighted by Crippen LogP contribution is 2.33. The van der Waals surface area contributed by atoms with Crippen molar-refractivity contribution >= 4 is 21.8 Å². The maximum absolute atomic E-state index is 11.9. The van der Waals surface area contributed by atoms with Crippen LogP contribution in [-0.2, 0) is 10.1 Å². The monoisotopic (exact) mass is 346 g/mol. The van der Waals surface area contributed by atoms with Gasteiger partial charge in [-0.2, -0.15) is 8.42 Å². The molecule has 0 saturated carbocycles. The Hall–Kier alpha value is -1.68. The number of aliphatic hydroxyl groups is 2. The molecule has 0 saturated heterocycles. The molecule has 0 radical (unpaired) electrons. The quantitative estimate of drug-likeness (QED) is 0.496. The summed E-state index contributed by atoms with van der Waals surface area (Å²) in [6.45, 7) is 5.84. The van der Waals surface area contributed by atoms with Crippen molar-refractivity contribution in [1.82, 2.24) is 5.32 Å². The van der Waals surface area contributed by atoms with Crippen LogP contribution in [0.5, 0.6) is 0 Å². The average molecular weight is 346 g/mol. The number of aliphatic hydroxyl groups excluding tert-OH is 2. The molecule has 0 spiro atoms. The summed E-state index contributed by atoms with van der Waals surface area (Å²) in [5.74, 6) is 0. The SMILES string of the molecule is Cc1c(C)c(NC(=O)NCC(O)CO)c(C)c(S(=O)(=O)O)c1C. The fraction of sp³-hybridized carbons (Fsp3) is 0.500. The lowest BCUT2D eigenvalue weighted by Crippen LogP contribution is -2.37. The van der Waals surface area contributed by atoms with Crippen LogP contribution in [0.25, 0.3) is 0 Å². The molecule has 1 rings (SSSR count). The van der Waals surface area contributed by atoms with Gasteiger partial charge in [0.25, 0.3) is 10.1 Å². The number of anilines is 1. The van der Waals surface area contributed by atoms with Crippen LogP contribution in [-0.4, -0.2) is 48.5 Å². The van der Waals surface area contributed by atoms with Crippen molar-refractivity contribution in [2.24, 2.45) is 0 Å². The van der Waals surface area contributed by atoms with Gasteiger partial charge in [-0.15, -0.1) is 0 Å². The smallest absolute Gasteiger partial charge is 0.319 e. The second-order valence-corrected chi connectivity index (χ2v) is 6.71. The van der Waals surface area contributed by atoms with E-state index in [2.05, 4.69) is 10.6 Å². The molecule has 1 unspecified atom stereocenters. The van der Waals surface area contributed by atoms with Gasteiger partial charge in [0.2, 0.25) is 0 Å². The van der Waals surface area contributed by atoms with Crippen molar-refractivity contribution in [3.8, 4) is 0 Å². The molecular weight excluding hydrogens is 324 g/mol. The lowest BCUT2D eigenvalue weighted by atomic mass is 9.98. The molecule has 2 amide bonds. The second kappa shape index (κ2) is 7.26. The largest absolute Gasteiger partial charge is 0.394 e. The molecule has 0 fully saturated rings. The molecular formula is C14H22N2O6S. The summed E-state index contributed by atoms with van der Waals surface area (Å²) in [5, 5.41) is 22.8. The Morgan fingerprint density at radius 3 is 2.13 bits per heavy atom. The van der Waals surface area contributed by atoms with Crippen LogP contribution in [0.4, 0.5) is 10.5 Å². The van der Waals surface area contributed by atoms with Crippen LogP contribution in [0.3, 0.4) is 0 Å². The zero-order chi connectivity index (χ0) is 17.9. The summed E-state index contributed by atoms with van der Waals surface area (Å²) in [7, 11) is -4.44. The maximum Gasteiger partial charge on any atom is 0.319 e. The number of carbonyl (C=O) groups is 1. The van der Waals surface area contributed by atoms with Crippen LogP contribution in [0, 0.1) is 27.7 Å². The molecule has 9 heteroatoms. The van der Waals surface area contributed by atoms with Crippen molar-refractivity contribution in [1.29, 1.82) is 0 Å². The number of urea groups is 1. The van der Waals surface area contributed by atoms with Crippen molar-refractivity contribution in [3.05, 3.63) is 22.3 Å². The number of hydrogen-bond donors (Lipinski definition) is 5. The van der Waals surface area contributed by atoms with Crippen LogP contribution < -0.4 is 10.6 Å². The highest BCUT2D eigenvalue weighted by atomic mass is 32.2. The van der Waals surface area contributed by atoms with Gasteiger partial charge < -0.3 is 20.8 Å². The summed E-state index contributed by atoms with van der Waals surface area (Å²) >= 11 is 0. The van der Waals surface area contributed by atoms with E-state index in [1.807, 2.05) is 0 Å². The summed E-state index contributed by atoms with van der Waals surface area (Å²) in [6.07, 6.45) is -1.09. The highest BCUT2D eigenvalue weighted by molar-refractivity contribution is 7.86. The third-order valence-corrected chi connectivity index (χ3v) is 4.89. The van der Waals surface area contributed by atoms with Gasteiger partial charge in [0.15, 0.2) is 0 Å². The van der Waals surface area contributed by atoms with E-state index in [9.17, 15) is 22.9 Å². The first-order valence-corrected chi connectivity index (χ1v) is 8.36. The van der Waals surface area contributed by atoms with E-state index in [1.165, 1.54) is 6.92 Å². The minimum atomic E-state index is -4.44. The van der Waals surface area contributed by atoms with E-state index in [0.29, 0.717) is 16.7 Å². The Kier molecular flexibility index (Phi) is 6.11. The number of hydrogen-bond acceptors (Lipinski definition) is 5. The molecule has 8 nitrogen and oxygen atoms in total. The summed E-state index contributed by atoms with van der Waals surface area (Å²) in [6, 6.07) is -0.659. The Bertz CT molecular complexity index is 715. The Morgan fingerprint density at radius 1 is 1.09 bits per heavy atom. The Labute approximate surface area is 135 Å². The molecule has 5 N–H and O–H groups in total. The standard InChI is InChI=1S/C14H22N2O6S/c1-7-8(2)12(16-14(19)15-5-11(18)6-17)10(4)13(9(7)3)23(20,21)22/h11,17-18H,5-6H2,1-4H3,(H2,15,16,19)(H,20,21,22). The van der Waals surface area contributed by atoms with Crippen LogP contribution >= 0.6 is 0 Å². The molecule has 0 heterocycles. The predicted octanol–water partition coefficient (Wildman–Crippen LogP) is 0.642. The molecule has 0 bridgehead atoms. The third kappa shape index (κ3) is 4.41. The molecule has 0 aliphatic heterocycles. The zero-order valence-corrected chi connectivity index (χ0v) is 14.3. The minimum absolute atomic E-state index is 0.156. The van der Waals surface area contributed by atoms with Gasteiger partial charge in [0.05, 0.1) is 12.7 Å². The average Bonchev–Trinajstić information content (AvgIpc) is 2.45. The predicted molar refractivity (Wildman–Crippen MR) is 85.3 cm³/mol. The van der Waals surface area contributed by atoms with E-state index >= 15 is 0 Å². The van der Waals surface area contributed by atoms with E-state index in [-0.39, 0.29) is 22.7 Å². The van der Waals surface area contributed by atoms with Crippen LogP contribution in [0.15, 0.2) is 4.90 Å². The fourth-order valence-electron chi connectivity index (χ4n) is 2.32. The molecule has 1 aromatic carbocycles. The van der Waals surface area contributed by atoms with E-state index in [1.54, 1.807) is 20.8 Å². The van der Waals surface area contributed by atoms with Gasteiger partial charge in [-0.25, -0.2) is 4.79 Å². The number of amides is 2. The van der Waals surface area contributed by atoms with Crippen molar-refractivity contribution in [2.75, 3.05) is 18.5 Å². The number of rotatable bonds is 5. The first-order valence-electron chi connectivity index (χ1n) is 6.92. The van der Waals surface area contributed by atoms with Gasteiger partial charge in [-0.1, -0.05) is 0 Å². The summed E-state index contributed by atoms with van der Waals surface area (Å²) in [5.41, 5.74) is 2.23. The van der Waals surface area contributed by atoms with Crippen molar-refractivity contribution in [2.45, 2.75) is 38.7 Å². The van der Waals surface area contributed by atoms with Gasteiger partial charge in [0.1, 0.15) is 4.90 Å². The summed E-state index contributed by atoms with van der Waals surface area (Å²) in [4.78, 5) is 11.6. The molecule has 0 aromatic heterocycles. The molecule has 0 aliphatic carbocycles. The molecule has 1 atom stereocenters. The molecule has 1 aromatic rings. The Balaban J connectivity index is 3.22. The van der Waals surface area contributed by atoms with Crippen LogP contribution in [0.1, 0.15) is 22.3 Å². The maximum atomic E-state index is 11.9. The zero-order valence-electron chi connectivity index (χ0n) is 13.5. The topological polar surface area (TPSA) is 136 Å². The third-order valence-electron chi connectivity index (χ3n) is 3.76. The molecule has 23 heavy (non-hydrogen) atoms. The first kappa shape index (κ1) is 19.4. The molecule has 0 aliphatic rings. The first-order chi connectivity index (χ1) is 10.5. The summed E-state index contributed by atoms with van der Waals surface area (Å²) < 4.78 is 32.6. The number of nitrogens with one attached hydrogen (secondary N) is 2.